The van der Waals surface area contributed by atoms with Crippen LogP contribution in [0.2, 0.25) is 0 Å². The van der Waals surface area contributed by atoms with Gasteiger partial charge in [0, 0.05) is 0 Å². The standard InChI is InChI=1S/C11H18N2.C2H6/c1-5-9-7-10(8(3)4)11(6-2)13-12-9;1-2/h7-8H,5-6H2,1-4H3;1-2H3. The normalized spacial score (nSPS) is 9.80. The van der Waals surface area contributed by atoms with Crippen LogP contribution in [0, 0.1) is 0 Å². The molecule has 1 heterocycles. The van der Waals surface area contributed by atoms with Gasteiger partial charge in [0.05, 0.1) is 11.4 Å². The van der Waals surface area contributed by atoms with Crippen molar-refractivity contribution in [2.75, 3.05) is 0 Å². The molecule has 2 heteroatoms. The molecule has 0 aliphatic heterocycles. The lowest BCUT2D eigenvalue weighted by Gasteiger charge is -2.10. The fraction of sp³-hybridized carbons (Fsp3) is 0.692. The van der Waals surface area contributed by atoms with Crippen molar-refractivity contribution in [2.45, 2.75) is 60.3 Å². The zero-order valence-electron chi connectivity index (χ0n) is 11.0. The summed E-state index contributed by atoms with van der Waals surface area (Å²) in [7, 11) is 0. The molecule has 0 saturated heterocycles. The van der Waals surface area contributed by atoms with E-state index < -0.39 is 0 Å². The van der Waals surface area contributed by atoms with E-state index >= 15 is 0 Å². The highest BCUT2D eigenvalue weighted by molar-refractivity contribution is 5.24. The molecule has 0 atom stereocenters. The van der Waals surface area contributed by atoms with Crippen molar-refractivity contribution in [3.05, 3.63) is 23.0 Å². The third-order valence-electron chi connectivity index (χ3n) is 2.27. The van der Waals surface area contributed by atoms with Crippen molar-refractivity contribution in [3.63, 3.8) is 0 Å². The molecule has 0 bridgehead atoms. The first-order chi connectivity index (χ1) is 7.19. The van der Waals surface area contributed by atoms with Crippen LogP contribution < -0.4 is 0 Å². The minimum Gasteiger partial charge on any atom is -0.155 e. The molecule has 86 valence electrons. The number of aryl methyl sites for hydroxylation is 2. The number of nitrogens with zero attached hydrogens (tertiary/aromatic N) is 2. The molecule has 0 aromatic carbocycles. The van der Waals surface area contributed by atoms with Crippen molar-refractivity contribution in [3.8, 4) is 0 Å². The molecule has 0 radical (unpaired) electrons. The Labute approximate surface area is 94.1 Å². The highest BCUT2D eigenvalue weighted by Crippen LogP contribution is 2.18. The maximum atomic E-state index is 4.24. The third kappa shape index (κ3) is 3.98. The lowest BCUT2D eigenvalue weighted by molar-refractivity contribution is 0.774. The molecule has 15 heavy (non-hydrogen) atoms. The van der Waals surface area contributed by atoms with Crippen LogP contribution in [0.25, 0.3) is 0 Å². The van der Waals surface area contributed by atoms with Gasteiger partial charge >= 0.3 is 0 Å². The van der Waals surface area contributed by atoms with E-state index in [9.17, 15) is 0 Å². The molecule has 0 spiro atoms. The van der Waals surface area contributed by atoms with Crippen molar-refractivity contribution in [1.29, 1.82) is 0 Å². The summed E-state index contributed by atoms with van der Waals surface area (Å²) < 4.78 is 0. The van der Waals surface area contributed by atoms with Crippen LogP contribution in [0.3, 0.4) is 0 Å². The molecule has 0 N–H and O–H groups in total. The van der Waals surface area contributed by atoms with Crippen LogP contribution in [0.15, 0.2) is 6.07 Å². The minimum absolute atomic E-state index is 0.552. The summed E-state index contributed by atoms with van der Waals surface area (Å²) in [5.41, 5.74) is 3.60. The average Bonchev–Trinajstić information content (AvgIpc) is 2.30. The molecule has 0 amide bonds. The van der Waals surface area contributed by atoms with Crippen LogP contribution in [-0.2, 0) is 12.8 Å². The largest absolute Gasteiger partial charge is 0.155 e. The summed E-state index contributed by atoms with van der Waals surface area (Å²) in [5, 5.41) is 8.40. The minimum atomic E-state index is 0.552. The number of hydrogen-bond donors (Lipinski definition) is 0. The van der Waals surface area contributed by atoms with E-state index in [1.54, 1.807) is 0 Å². The van der Waals surface area contributed by atoms with Gasteiger partial charge in [0.2, 0.25) is 0 Å². The highest BCUT2D eigenvalue weighted by atomic mass is 15.1. The summed E-state index contributed by atoms with van der Waals surface area (Å²) in [6, 6.07) is 2.19. The lowest BCUT2D eigenvalue weighted by Crippen LogP contribution is -2.03. The van der Waals surface area contributed by atoms with Crippen molar-refractivity contribution < 1.29 is 0 Å². The van der Waals surface area contributed by atoms with Gasteiger partial charge in [-0.15, -0.1) is 0 Å². The highest BCUT2D eigenvalue weighted by Gasteiger charge is 2.07. The Morgan fingerprint density at radius 1 is 1.07 bits per heavy atom. The summed E-state index contributed by atoms with van der Waals surface area (Å²) in [6.07, 6.45) is 1.95. The quantitative estimate of drug-likeness (QED) is 0.756. The van der Waals surface area contributed by atoms with Crippen LogP contribution in [0.1, 0.15) is 64.4 Å². The Hall–Kier alpha value is -0.920. The third-order valence-corrected chi connectivity index (χ3v) is 2.27. The summed E-state index contributed by atoms with van der Waals surface area (Å²) in [5.74, 6) is 0.552. The Kier molecular flexibility index (Phi) is 6.93. The topological polar surface area (TPSA) is 25.8 Å². The van der Waals surface area contributed by atoms with E-state index in [2.05, 4.69) is 44.0 Å². The molecule has 1 aromatic heterocycles. The average molecular weight is 208 g/mol. The Morgan fingerprint density at radius 2 is 1.67 bits per heavy atom. The van der Waals surface area contributed by atoms with Crippen LogP contribution in [-0.4, -0.2) is 10.2 Å². The van der Waals surface area contributed by atoms with E-state index in [1.807, 2.05) is 13.8 Å². The second-order valence-electron chi connectivity index (χ2n) is 3.60. The Bertz CT molecular complexity index is 280. The monoisotopic (exact) mass is 208 g/mol. The van der Waals surface area contributed by atoms with Gasteiger partial charge in [0.25, 0.3) is 0 Å². The van der Waals surface area contributed by atoms with Gasteiger partial charge in [0.1, 0.15) is 0 Å². The first kappa shape index (κ1) is 14.1. The molecule has 0 saturated carbocycles. The smallest absolute Gasteiger partial charge is 0.0663 e. The molecule has 0 unspecified atom stereocenters. The zero-order chi connectivity index (χ0) is 11.8. The lowest BCUT2D eigenvalue weighted by atomic mass is 10.00. The van der Waals surface area contributed by atoms with Gasteiger partial charge in [-0.3, -0.25) is 0 Å². The molecular formula is C13H24N2. The predicted octanol–water partition coefficient (Wildman–Crippen LogP) is 3.75. The first-order valence-corrected chi connectivity index (χ1v) is 6.04. The molecule has 0 aliphatic rings. The van der Waals surface area contributed by atoms with Crippen LogP contribution in [0.4, 0.5) is 0 Å². The van der Waals surface area contributed by atoms with Gasteiger partial charge in [-0.25, -0.2) is 0 Å². The fourth-order valence-corrected chi connectivity index (χ4v) is 1.42. The maximum Gasteiger partial charge on any atom is 0.0663 e. The van der Waals surface area contributed by atoms with Crippen LogP contribution in [0.5, 0.6) is 0 Å². The number of hydrogen-bond acceptors (Lipinski definition) is 2. The Balaban J connectivity index is 0.000000921. The van der Waals surface area contributed by atoms with Crippen LogP contribution >= 0.6 is 0 Å². The summed E-state index contributed by atoms with van der Waals surface area (Å²) in [6.45, 7) is 12.6. The Morgan fingerprint density at radius 3 is 2.07 bits per heavy atom. The van der Waals surface area contributed by atoms with Crippen molar-refractivity contribution in [1.82, 2.24) is 10.2 Å². The van der Waals surface area contributed by atoms with Gasteiger partial charge in [-0.2, -0.15) is 10.2 Å². The molecular weight excluding hydrogens is 184 g/mol. The fourth-order valence-electron chi connectivity index (χ4n) is 1.42. The summed E-state index contributed by atoms with van der Waals surface area (Å²) >= 11 is 0. The van der Waals surface area contributed by atoms with Gasteiger partial charge in [-0.1, -0.05) is 41.5 Å². The van der Waals surface area contributed by atoms with E-state index in [4.69, 9.17) is 0 Å². The van der Waals surface area contributed by atoms with Gasteiger partial charge < -0.3 is 0 Å². The first-order valence-electron chi connectivity index (χ1n) is 6.04. The molecule has 1 aromatic rings. The molecule has 0 fully saturated rings. The van der Waals surface area contributed by atoms with Gasteiger partial charge in [-0.05, 0) is 30.4 Å². The second kappa shape index (κ2) is 7.38. The number of aromatic nitrogens is 2. The maximum absolute atomic E-state index is 4.24. The predicted molar refractivity (Wildman–Crippen MR) is 66.2 cm³/mol. The van der Waals surface area contributed by atoms with E-state index in [0.717, 1.165) is 24.2 Å². The molecule has 0 aliphatic carbocycles. The van der Waals surface area contributed by atoms with E-state index in [-0.39, 0.29) is 0 Å². The molecule has 1 rings (SSSR count). The van der Waals surface area contributed by atoms with E-state index in [1.165, 1.54) is 5.56 Å². The number of rotatable bonds is 3. The molecule has 2 nitrogen and oxygen atoms in total. The van der Waals surface area contributed by atoms with Gasteiger partial charge in [0.15, 0.2) is 0 Å². The summed E-state index contributed by atoms with van der Waals surface area (Å²) in [4.78, 5) is 0. The van der Waals surface area contributed by atoms with E-state index in [0.29, 0.717) is 5.92 Å². The SMILES string of the molecule is CC.CCc1cc(C(C)C)c(CC)nn1. The second-order valence-corrected chi connectivity index (χ2v) is 3.60. The zero-order valence-corrected chi connectivity index (χ0v) is 11.0. The van der Waals surface area contributed by atoms with Crippen molar-refractivity contribution >= 4 is 0 Å². The van der Waals surface area contributed by atoms with Crippen molar-refractivity contribution in [2.24, 2.45) is 0 Å².